The van der Waals surface area contributed by atoms with Crippen molar-refractivity contribution in [3.63, 3.8) is 0 Å². The minimum atomic E-state index is -0.165. The molecule has 0 radical (unpaired) electrons. The fourth-order valence-electron chi connectivity index (χ4n) is 7.61. The van der Waals surface area contributed by atoms with Crippen LogP contribution in [0.25, 0.3) is 28.9 Å². The summed E-state index contributed by atoms with van der Waals surface area (Å²) in [4.78, 5) is 2.39. The summed E-state index contributed by atoms with van der Waals surface area (Å²) in [5, 5.41) is 0. The highest BCUT2D eigenvalue weighted by molar-refractivity contribution is 5.96. The lowest BCUT2D eigenvalue weighted by Gasteiger charge is -2.34. The first kappa shape index (κ1) is 26.3. The first-order chi connectivity index (χ1) is 20.3. The topological polar surface area (TPSA) is 3.24 Å². The third-order valence-corrected chi connectivity index (χ3v) is 9.72. The highest BCUT2D eigenvalue weighted by Gasteiger charge is 2.48. The molecule has 2 atom stereocenters. The molecule has 1 nitrogen and oxygen atoms in total. The predicted molar refractivity (Wildman–Crippen MR) is 181 cm³/mol. The number of rotatable bonds is 6. The number of anilines is 2. The Bertz CT molecular complexity index is 1860. The normalized spacial score (nSPS) is 20.0. The fraction of sp³-hybridized carbons (Fsp3) is 0.171. The summed E-state index contributed by atoms with van der Waals surface area (Å²) < 4.78 is 0. The van der Waals surface area contributed by atoms with Crippen LogP contribution in [0.2, 0.25) is 0 Å². The molecule has 1 fully saturated rings. The molecule has 4 aromatic carbocycles. The number of hydrogen-bond acceptors (Lipinski definition) is 1. The molecule has 0 bridgehead atoms. The smallest absolute Gasteiger partial charge is 0.0543 e. The largest absolute Gasteiger partial charge is 0.310 e. The average molecular weight is 544 g/mol. The summed E-state index contributed by atoms with van der Waals surface area (Å²) in [6, 6.07) is 28.7. The van der Waals surface area contributed by atoms with E-state index in [0.717, 1.165) is 40.2 Å². The van der Waals surface area contributed by atoms with Crippen LogP contribution in [-0.2, 0) is 5.41 Å². The molecule has 3 aliphatic carbocycles. The Morgan fingerprint density at radius 2 is 1.52 bits per heavy atom. The van der Waals surface area contributed by atoms with Crippen LogP contribution in [0, 0.1) is 12.8 Å². The van der Waals surface area contributed by atoms with Gasteiger partial charge in [-0.1, -0.05) is 119 Å². The van der Waals surface area contributed by atoms with Crippen molar-refractivity contribution in [2.45, 2.75) is 38.5 Å². The second-order valence-electron chi connectivity index (χ2n) is 12.4. The first-order valence-corrected chi connectivity index (χ1v) is 14.9. The van der Waals surface area contributed by atoms with Gasteiger partial charge < -0.3 is 4.90 Å². The number of nitrogens with zero attached hydrogens (tertiary/aromatic N) is 1. The van der Waals surface area contributed by atoms with Crippen LogP contribution >= 0.6 is 0 Å². The zero-order valence-corrected chi connectivity index (χ0v) is 24.9. The predicted octanol–water partition coefficient (Wildman–Crippen LogP) is 11.0. The third-order valence-electron chi connectivity index (χ3n) is 9.72. The lowest BCUT2D eigenvalue weighted by molar-refractivity contribution is 0.659. The molecular formula is C41H37N. The van der Waals surface area contributed by atoms with Crippen molar-refractivity contribution in [2.75, 3.05) is 4.90 Å². The molecule has 0 spiro atoms. The number of allylic oxidation sites excluding steroid dienone is 3. The maximum absolute atomic E-state index is 4.68. The molecule has 42 heavy (non-hydrogen) atoms. The lowest BCUT2D eigenvalue weighted by Crippen LogP contribution is -2.22. The summed E-state index contributed by atoms with van der Waals surface area (Å²) in [6.45, 7) is 24.6. The molecule has 1 heteroatoms. The van der Waals surface area contributed by atoms with Crippen molar-refractivity contribution in [2.24, 2.45) is 5.92 Å². The Hall–Kier alpha value is -4.62. The Labute approximate surface area is 250 Å². The summed E-state index contributed by atoms with van der Waals surface area (Å²) >= 11 is 0. The van der Waals surface area contributed by atoms with E-state index in [-0.39, 0.29) is 5.41 Å². The molecule has 3 aliphatic rings. The fourth-order valence-corrected chi connectivity index (χ4v) is 7.61. The van der Waals surface area contributed by atoms with Crippen molar-refractivity contribution in [1.29, 1.82) is 0 Å². The van der Waals surface area contributed by atoms with Crippen molar-refractivity contribution in [3.05, 3.63) is 161 Å². The number of para-hydroxylation sites is 1. The zero-order valence-electron chi connectivity index (χ0n) is 24.9. The number of benzene rings is 4. The molecule has 0 aromatic heterocycles. The van der Waals surface area contributed by atoms with Gasteiger partial charge in [0.15, 0.2) is 0 Å². The highest BCUT2D eigenvalue weighted by Crippen LogP contribution is 2.62. The van der Waals surface area contributed by atoms with Crippen LogP contribution in [0.3, 0.4) is 0 Å². The van der Waals surface area contributed by atoms with Crippen molar-refractivity contribution in [3.8, 4) is 11.1 Å². The molecule has 2 unspecified atom stereocenters. The molecule has 4 aromatic rings. The van der Waals surface area contributed by atoms with E-state index in [1.165, 1.54) is 44.5 Å². The van der Waals surface area contributed by atoms with E-state index in [9.17, 15) is 0 Å². The van der Waals surface area contributed by atoms with Gasteiger partial charge in [-0.25, -0.2) is 0 Å². The van der Waals surface area contributed by atoms with Crippen molar-refractivity contribution >= 4 is 29.1 Å². The molecule has 0 aliphatic heterocycles. The summed E-state index contributed by atoms with van der Waals surface area (Å²) in [5.74, 6) is 0.976. The number of aryl methyl sites for hydroxylation is 1. The SMILES string of the molecule is C=C/C(=C1\C(=C)c2ccccc2C2CC12)N(c1ccccc1)c1cc2c(c(C=C)c1C=C)-c1ccc(C)cc1C2(C)C. The summed E-state index contributed by atoms with van der Waals surface area (Å²) in [5.41, 5.74) is 16.9. The van der Waals surface area contributed by atoms with E-state index >= 15 is 0 Å². The second-order valence-corrected chi connectivity index (χ2v) is 12.4. The molecule has 206 valence electrons. The van der Waals surface area contributed by atoms with E-state index in [4.69, 9.17) is 0 Å². The monoisotopic (exact) mass is 543 g/mol. The standard InChI is InChI=1S/C41H37N/c1-8-28-29(9-2)40-32-21-20-25(4)22-35(32)41(6,7)36(40)24-38(28)42(27-16-12-11-13-17-27)37(10-3)39-26(5)30-18-14-15-19-31(30)33-23-34(33)39/h8-22,24,33-34H,1-3,5,23H2,4,6-7H3/b39-37-. The van der Waals surface area contributed by atoms with E-state index in [2.05, 4.69) is 131 Å². The maximum atomic E-state index is 4.68. The Morgan fingerprint density at radius 1 is 0.810 bits per heavy atom. The van der Waals surface area contributed by atoms with Gasteiger partial charge in [0.05, 0.1) is 5.69 Å². The van der Waals surface area contributed by atoms with Gasteiger partial charge in [-0.2, -0.15) is 0 Å². The highest BCUT2D eigenvalue weighted by atomic mass is 15.2. The average Bonchev–Trinajstić information content (AvgIpc) is 3.77. The Balaban J connectivity index is 1.54. The summed E-state index contributed by atoms with van der Waals surface area (Å²) in [7, 11) is 0. The molecule has 0 N–H and O–H groups in total. The van der Waals surface area contributed by atoms with Crippen LogP contribution in [0.5, 0.6) is 0 Å². The molecular weight excluding hydrogens is 506 g/mol. The van der Waals surface area contributed by atoms with E-state index in [1.807, 2.05) is 18.2 Å². The van der Waals surface area contributed by atoms with E-state index < -0.39 is 0 Å². The third kappa shape index (κ3) is 3.63. The van der Waals surface area contributed by atoms with Crippen LogP contribution < -0.4 is 4.90 Å². The van der Waals surface area contributed by atoms with Crippen LogP contribution in [0.1, 0.15) is 65.1 Å². The van der Waals surface area contributed by atoms with Crippen molar-refractivity contribution in [1.82, 2.24) is 0 Å². The summed E-state index contributed by atoms with van der Waals surface area (Å²) in [6.07, 6.45) is 7.19. The lowest BCUT2D eigenvalue weighted by atomic mass is 9.80. The molecule has 0 amide bonds. The van der Waals surface area contributed by atoms with E-state index in [0.29, 0.717) is 11.8 Å². The molecule has 1 saturated carbocycles. The minimum absolute atomic E-state index is 0.165. The van der Waals surface area contributed by atoms with Gasteiger partial charge in [0.2, 0.25) is 0 Å². The van der Waals surface area contributed by atoms with Crippen LogP contribution in [0.15, 0.2) is 123 Å². The van der Waals surface area contributed by atoms with Gasteiger partial charge >= 0.3 is 0 Å². The molecule has 0 heterocycles. The Kier molecular flexibility index (Phi) is 5.92. The van der Waals surface area contributed by atoms with Crippen LogP contribution in [0.4, 0.5) is 11.4 Å². The maximum Gasteiger partial charge on any atom is 0.0543 e. The van der Waals surface area contributed by atoms with Gasteiger partial charge in [0, 0.05) is 22.4 Å². The van der Waals surface area contributed by atoms with E-state index in [1.54, 1.807) is 0 Å². The number of hydrogen-bond donors (Lipinski definition) is 0. The first-order valence-electron chi connectivity index (χ1n) is 14.9. The zero-order chi connectivity index (χ0) is 29.3. The minimum Gasteiger partial charge on any atom is -0.310 e. The van der Waals surface area contributed by atoms with Gasteiger partial charge in [0.1, 0.15) is 0 Å². The van der Waals surface area contributed by atoms with Gasteiger partial charge in [-0.05, 0) is 99.5 Å². The number of fused-ring (bicyclic) bond motifs is 6. The second kappa shape index (κ2) is 9.46. The molecule has 0 saturated heterocycles. The van der Waals surface area contributed by atoms with Crippen molar-refractivity contribution < 1.29 is 0 Å². The molecule has 7 rings (SSSR count). The van der Waals surface area contributed by atoms with Gasteiger partial charge in [-0.15, -0.1) is 0 Å². The Morgan fingerprint density at radius 3 is 2.24 bits per heavy atom. The van der Waals surface area contributed by atoms with Gasteiger partial charge in [-0.3, -0.25) is 0 Å². The van der Waals surface area contributed by atoms with Gasteiger partial charge in [0.25, 0.3) is 0 Å². The van der Waals surface area contributed by atoms with Crippen LogP contribution in [-0.4, -0.2) is 0 Å². The quantitative estimate of drug-likeness (QED) is 0.234.